The van der Waals surface area contributed by atoms with Crippen LogP contribution in [-0.2, 0) is 0 Å². The maximum atomic E-state index is 12.5. The minimum Gasteiger partial charge on any atom is -0.497 e. The third kappa shape index (κ3) is 3.89. The topological polar surface area (TPSA) is 64.1 Å². The van der Waals surface area contributed by atoms with Crippen LogP contribution in [0.15, 0.2) is 66.2 Å². The van der Waals surface area contributed by atoms with Gasteiger partial charge in [0.05, 0.1) is 19.0 Å². The average molecular weight is 393 g/mol. The van der Waals surface area contributed by atoms with Crippen LogP contribution >= 0.6 is 22.7 Å². The van der Waals surface area contributed by atoms with Crippen LogP contribution in [0.1, 0.15) is 9.67 Å². The zero-order valence-electron chi connectivity index (χ0n) is 14.4. The summed E-state index contributed by atoms with van der Waals surface area (Å²) in [5.41, 5.74) is 2.78. The number of amides is 1. The van der Waals surface area contributed by atoms with E-state index in [1.165, 1.54) is 22.7 Å². The Morgan fingerprint density at radius 1 is 1.04 bits per heavy atom. The molecule has 0 aliphatic heterocycles. The predicted octanol–water partition coefficient (Wildman–Crippen LogP) is 5.19. The maximum absolute atomic E-state index is 12.5. The van der Waals surface area contributed by atoms with Gasteiger partial charge >= 0.3 is 0 Å². The van der Waals surface area contributed by atoms with Gasteiger partial charge in [0.15, 0.2) is 5.13 Å². The van der Waals surface area contributed by atoms with Crippen LogP contribution in [0.2, 0.25) is 0 Å². The number of anilines is 1. The van der Waals surface area contributed by atoms with Gasteiger partial charge in [-0.1, -0.05) is 30.3 Å². The molecule has 0 aliphatic rings. The van der Waals surface area contributed by atoms with E-state index in [1.54, 1.807) is 13.3 Å². The molecule has 27 heavy (non-hydrogen) atoms. The Morgan fingerprint density at radius 3 is 2.56 bits per heavy atom. The first-order chi connectivity index (χ1) is 13.2. The van der Waals surface area contributed by atoms with E-state index in [1.807, 2.05) is 60.0 Å². The van der Waals surface area contributed by atoms with E-state index in [2.05, 4.69) is 15.3 Å². The molecule has 0 bridgehead atoms. The summed E-state index contributed by atoms with van der Waals surface area (Å²) in [6, 6.07) is 17.5. The van der Waals surface area contributed by atoms with Crippen molar-refractivity contribution in [2.45, 2.75) is 0 Å². The minimum atomic E-state index is -0.203. The molecule has 1 amide bonds. The first-order valence-corrected chi connectivity index (χ1v) is 9.85. The molecule has 2 aromatic carbocycles. The van der Waals surface area contributed by atoms with Crippen LogP contribution < -0.4 is 10.1 Å². The highest BCUT2D eigenvalue weighted by molar-refractivity contribution is 7.17. The summed E-state index contributed by atoms with van der Waals surface area (Å²) in [6.07, 6.45) is 1.60. The van der Waals surface area contributed by atoms with E-state index in [4.69, 9.17) is 4.74 Å². The molecule has 7 heteroatoms. The summed E-state index contributed by atoms with van der Waals surface area (Å²) >= 11 is 2.75. The van der Waals surface area contributed by atoms with Gasteiger partial charge in [-0.15, -0.1) is 22.7 Å². The number of ether oxygens (including phenoxy) is 1. The number of carbonyl (C=O) groups excluding carboxylic acids is 1. The van der Waals surface area contributed by atoms with Crippen LogP contribution in [-0.4, -0.2) is 23.0 Å². The lowest BCUT2D eigenvalue weighted by Crippen LogP contribution is -2.09. The molecule has 0 aliphatic carbocycles. The molecule has 0 saturated carbocycles. The van der Waals surface area contributed by atoms with Crippen molar-refractivity contribution in [2.75, 3.05) is 12.4 Å². The zero-order valence-corrected chi connectivity index (χ0v) is 16.0. The molecular weight excluding hydrogens is 378 g/mol. The van der Waals surface area contributed by atoms with Gasteiger partial charge in [0.1, 0.15) is 15.6 Å². The summed E-state index contributed by atoms with van der Waals surface area (Å²) in [6.45, 7) is 0. The van der Waals surface area contributed by atoms with Crippen molar-refractivity contribution < 1.29 is 9.53 Å². The molecule has 134 valence electrons. The van der Waals surface area contributed by atoms with E-state index in [9.17, 15) is 4.79 Å². The molecular formula is C20H15N3O2S2. The maximum Gasteiger partial charge on any atom is 0.269 e. The second-order valence-electron chi connectivity index (χ2n) is 5.62. The van der Waals surface area contributed by atoms with Crippen molar-refractivity contribution in [2.24, 2.45) is 0 Å². The minimum absolute atomic E-state index is 0.203. The molecule has 0 atom stereocenters. The number of aromatic nitrogens is 2. The van der Waals surface area contributed by atoms with Crippen LogP contribution in [0.4, 0.5) is 5.13 Å². The average Bonchev–Trinajstić information content (AvgIpc) is 3.39. The molecule has 4 rings (SSSR count). The third-order valence-corrected chi connectivity index (χ3v) is 5.66. The number of rotatable bonds is 5. The third-order valence-electron chi connectivity index (χ3n) is 3.86. The summed E-state index contributed by atoms with van der Waals surface area (Å²) in [5.74, 6) is 0.590. The van der Waals surface area contributed by atoms with E-state index >= 15 is 0 Å². The summed E-state index contributed by atoms with van der Waals surface area (Å²) in [5, 5.41) is 6.14. The van der Waals surface area contributed by atoms with E-state index in [-0.39, 0.29) is 5.91 Å². The Morgan fingerprint density at radius 2 is 1.81 bits per heavy atom. The Labute approximate surface area is 164 Å². The van der Waals surface area contributed by atoms with Gasteiger partial charge in [0, 0.05) is 16.5 Å². The number of hydrogen-bond acceptors (Lipinski definition) is 6. The van der Waals surface area contributed by atoms with Gasteiger partial charge in [-0.05, 0) is 24.3 Å². The number of carbonyl (C=O) groups is 1. The van der Waals surface area contributed by atoms with Gasteiger partial charge < -0.3 is 4.74 Å². The summed E-state index contributed by atoms with van der Waals surface area (Å²) in [7, 11) is 1.63. The monoisotopic (exact) mass is 393 g/mol. The van der Waals surface area contributed by atoms with Crippen molar-refractivity contribution in [3.8, 4) is 27.6 Å². The lowest BCUT2D eigenvalue weighted by molar-refractivity contribution is 0.103. The Kier molecular flexibility index (Phi) is 4.95. The van der Waals surface area contributed by atoms with Crippen molar-refractivity contribution in [3.63, 3.8) is 0 Å². The Bertz CT molecular complexity index is 1060. The number of hydrogen-bond donors (Lipinski definition) is 1. The van der Waals surface area contributed by atoms with Gasteiger partial charge in [-0.3, -0.25) is 10.1 Å². The van der Waals surface area contributed by atoms with Gasteiger partial charge in [-0.25, -0.2) is 9.97 Å². The molecule has 0 unspecified atom stereocenters. The standard InChI is InChI=1S/C20H15N3O2S2/c1-25-15-9-7-13(8-10-15)16-12-26-20(22-16)23-18(24)17-11-21-19(27-17)14-5-3-2-4-6-14/h2-12H,1H3,(H,22,23,24). The molecule has 0 saturated heterocycles. The van der Waals surface area contributed by atoms with Crippen LogP contribution in [0, 0.1) is 0 Å². The van der Waals surface area contributed by atoms with Crippen LogP contribution in [0.3, 0.4) is 0 Å². The van der Waals surface area contributed by atoms with Gasteiger partial charge in [0.2, 0.25) is 0 Å². The highest BCUT2D eigenvalue weighted by Gasteiger charge is 2.14. The summed E-state index contributed by atoms with van der Waals surface area (Å²) < 4.78 is 5.17. The smallest absolute Gasteiger partial charge is 0.269 e. The van der Waals surface area contributed by atoms with Crippen molar-refractivity contribution in [3.05, 3.63) is 71.1 Å². The highest BCUT2D eigenvalue weighted by Crippen LogP contribution is 2.28. The number of thiazole rings is 2. The molecule has 2 aromatic heterocycles. The van der Waals surface area contributed by atoms with E-state index in [0.717, 1.165) is 27.6 Å². The summed E-state index contributed by atoms with van der Waals surface area (Å²) in [4.78, 5) is 21.9. The SMILES string of the molecule is COc1ccc(-c2csc(NC(=O)c3cnc(-c4ccccc4)s3)n2)cc1. The molecule has 4 aromatic rings. The van der Waals surface area contributed by atoms with Crippen LogP contribution in [0.5, 0.6) is 5.75 Å². The lowest BCUT2D eigenvalue weighted by Gasteiger charge is -2.01. The largest absolute Gasteiger partial charge is 0.497 e. The van der Waals surface area contributed by atoms with Gasteiger partial charge in [0.25, 0.3) is 5.91 Å². The normalized spacial score (nSPS) is 10.6. The molecule has 0 fully saturated rings. The predicted molar refractivity (Wildman–Crippen MR) is 110 cm³/mol. The Balaban J connectivity index is 1.47. The zero-order chi connectivity index (χ0) is 18.6. The lowest BCUT2D eigenvalue weighted by atomic mass is 10.2. The molecule has 0 spiro atoms. The number of nitrogens with zero attached hydrogens (tertiary/aromatic N) is 2. The molecule has 2 heterocycles. The highest BCUT2D eigenvalue weighted by atomic mass is 32.1. The van der Waals surface area contributed by atoms with Crippen molar-refractivity contribution >= 4 is 33.7 Å². The molecule has 0 radical (unpaired) electrons. The number of methoxy groups -OCH3 is 1. The van der Waals surface area contributed by atoms with Crippen molar-refractivity contribution in [1.29, 1.82) is 0 Å². The number of nitrogens with one attached hydrogen (secondary N) is 1. The van der Waals surface area contributed by atoms with E-state index < -0.39 is 0 Å². The van der Waals surface area contributed by atoms with Gasteiger partial charge in [-0.2, -0.15) is 0 Å². The van der Waals surface area contributed by atoms with E-state index in [0.29, 0.717) is 10.0 Å². The number of benzene rings is 2. The Hall–Kier alpha value is -3.03. The fourth-order valence-electron chi connectivity index (χ4n) is 2.48. The second-order valence-corrected chi connectivity index (χ2v) is 7.50. The van der Waals surface area contributed by atoms with Crippen molar-refractivity contribution in [1.82, 2.24) is 9.97 Å². The second kappa shape index (κ2) is 7.69. The first kappa shape index (κ1) is 17.4. The fourth-order valence-corrected chi connectivity index (χ4v) is 4.01. The molecule has 5 nitrogen and oxygen atoms in total. The first-order valence-electron chi connectivity index (χ1n) is 8.15. The quantitative estimate of drug-likeness (QED) is 0.506. The molecule has 1 N–H and O–H groups in total. The van der Waals surface area contributed by atoms with Crippen LogP contribution in [0.25, 0.3) is 21.8 Å². The fraction of sp³-hybridized carbons (Fsp3) is 0.0500.